The first kappa shape index (κ1) is 88.4. The van der Waals surface area contributed by atoms with Crippen LogP contribution in [-0.4, -0.2) is 9.97 Å². The van der Waals surface area contributed by atoms with E-state index in [1.54, 1.807) is 0 Å². The van der Waals surface area contributed by atoms with Crippen molar-refractivity contribution in [2.24, 2.45) is 0 Å². The van der Waals surface area contributed by atoms with Gasteiger partial charge in [0.05, 0.1) is 0 Å². The van der Waals surface area contributed by atoms with Gasteiger partial charge in [0.15, 0.2) is 0 Å². The first-order valence-electron chi connectivity index (χ1n) is 41.1. The van der Waals surface area contributed by atoms with Gasteiger partial charge in [0, 0.05) is 127 Å². The first-order valence-corrected chi connectivity index (χ1v) is 41.1. The summed E-state index contributed by atoms with van der Waals surface area (Å²) in [6.45, 7) is 26.0. The van der Waals surface area contributed by atoms with E-state index in [4.69, 9.17) is 9.97 Å². The molecule has 0 saturated heterocycles. The van der Waals surface area contributed by atoms with Crippen molar-refractivity contribution >= 4 is 34.1 Å². The van der Waals surface area contributed by atoms with Gasteiger partial charge in [-0.25, -0.2) is 0 Å². The molecule has 0 aliphatic carbocycles. The Hall–Kier alpha value is -11.9. The molecule has 6 nitrogen and oxygen atoms in total. The van der Waals surface area contributed by atoms with Gasteiger partial charge >= 0.3 is 0 Å². The van der Waals surface area contributed by atoms with E-state index in [0.717, 1.165) is 101 Å². The summed E-state index contributed by atoms with van der Waals surface area (Å²) >= 11 is 0. The number of rotatable bonds is 16. The van der Waals surface area contributed by atoms with E-state index >= 15 is 0 Å². The Labute approximate surface area is 785 Å². The molecule has 0 amide bonds. The summed E-state index contributed by atoms with van der Waals surface area (Å²) in [5.74, 6) is 0. The number of allylic oxidation sites excluding steroid dienone is 2. The predicted octanol–water partition coefficient (Wildman–Crippen LogP) is 29.9. The number of pyridine rings is 2. The minimum absolute atomic E-state index is 0. The maximum atomic E-state index is 4.96. The van der Waals surface area contributed by atoms with Crippen molar-refractivity contribution in [3.8, 4) is 134 Å². The van der Waals surface area contributed by atoms with Gasteiger partial charge in [-0.05, 0) is 184 Å². The molecule has 2 aliphatic heterocycles. The fraction of sp³-hybridized carbons (Fsp3) is 0.0877. The van der Waals surface area contributed by atoms with Crippen LogP contribution in [0.25, 0.3) is 134 Å². The first-order chi connectivity index (χ1) is 58.6. The van der Waals surface area contributed by atoms with Crippen molar-refractivity contribution < 1.29 is 80.4 Å². The Balaban J connectivity index is 0.000000199. The summed E-state index contributed by atoms with van der Waals surface area (Å²) in [4.78, 5) is 18.8. The summed E-state index contributed by atoms with van der Waals surface area (Å²) in [6, 6.07) is 136. The Kier molecular flexibility index (Phi) is 27.8. The number of aromatic nitrogens is 2. The maximum Gasteiger partial charge on any atom is 0.0344 e. The third kappa shape index (κ3) is 18.7. The van der Waals surface area contributed by atoms with Gasteiger partial charge in [0.25, 0.3) is 0 Å². The number of anilines is 6. The fourth-order valence-electron chi connectivity index (χ4n) is 17.4. The number of hydrogen-bond donors (Lipinski definition) is 0. The van der Waals surface area contributed by atoms with Gasteiger partial charge in [-0.15, -0.1) is 108 Å². The number of para-hydroxylation sites is 4. The summed E-state index contributed by atoms with van der Waals surface area (Å²) < 4.78 is 0. The smallest absolute Gasteiger partial charge is 0.0344 e. The Morgan fingerprint density at radius 1 is 0.226 bits per heavy atom. The standard InChI is InChI=1S/C64H50N2.C50H40N4.4Ir/c1-41-30-42(2)34-53(33-41)58-14-9-7-12-56(58)51-26-28-62(65-39-51)49-22-18-47(19-23-49)60-16-11-17-61(64(60)55-37-45(5)32-46(6)38-55)48-20-24-50(25-21-48)63-29-27-52(40-66-63)57-13-8-10-15-59(57)54-35-43(3)31-44(4)36-54;1-35-30-36(2)32-41(31-35)50-46(39-22-26-44(27-23-39)52-33-51(37(3)38(52)4)42-14-7-5-8-15-42)18-13-19-47(50)40-24-28-45(29-25-40)54-34-53(43-16-9-6-10-17-43)48-20-11-12-21-49(48)54;;;;/h7-22,24,26-40H,1-6H3;5-26,28,30-34H,1-4H3;;;;/q-2;-4;;;;. The zero-order valence-electron chi connectivity index (χ0n) is 70.7. The van der Waals surface area contributed by atoms with E-state index < -0.39 is 0 Å². The zero-order chi connectivity index (χ0) is 82.1. The Bertz CT molecular complexity index is 6410. The molecule has 2 aliphatic rings. The van der Waals surface area contributed by atoms with Gasteiger partial charge < -0.3 is 29.6 Å². The molecule has 0 unspecified atom stereocenters. The fourth-order valence-corrected chi connectivity index (χ4v) is 17.4. The molecule has 17 aromatic rings. The van der Waals surface area contributed by atoms with Crippen molar-refractivity contribution in [3.63, 3.8) is 0 Å². The average molecular weight is 2310 g/mol. The van der Waals surface area contributed by atoms with E-state index in [-0.39, 0.29) is 80.4 Å². The SMILES string of the molecule is CC1=C(C)N(c2ccccc2)[CH-]N1c1[c-]cc(-c2cccc(-c3c[c-]c(N4[CH-]N(c5ccccc5)c5ccccc54)cc3)c2-c2cc(C)cc(C)c2)cc1.Cc1cc(C)cc(-c2ccccc2-c2ccc(-c3[c-]cc(-c4cccc(-c5c[c-]c(-c6ccc(-c7ccccc7-c7cc(C)cc(C)c7)cn6)cc5)c4-c4cc(C)cc(C)c4)cc3)nc2)c1.[Ir].[Ir].[Ir].[Ir]. The van der Waals surface area contributed by atoms with Gasteiger partial charge in [-0.1, -0.05) is 308 Å². The van der Waals surface area contributed by atoms with Crippen LogP contribution in [0, 0.1) is 93.0 Å². The van der Waals surface area contributed by atoms with E-state index in [9.17, 15) is 0 Å². The minimum atomic E-state index is 0. The number of fused-ring (bicyclic) bond motifs is 1. The third-order valence-electron chi connectivity index (χ3n) is 22.9. The van der Waals surface area contributed by atoms with Gasteiger partial charge in [-0.3, -0.25) is 0 Å². The molecule has 0 fully saturated rings. The van der Waals surface area contributed by atoms with Crippen LogP contribution in [0.1, 0.15) is 58.4 Å². The van der Waals surface area contributed by atoms with Gasteiger partial charge in [0.1, 0.15) is 0 Å². The van der Waals surface area contributed by atoms with Crippen LogP contribution in [0.15, 0.2) is 364 Å². The minimum Gasteiger partial charge on any atom is -0.497 e. The molecule has 618 valence electrons. The van der Waals surface area contributed by atoms with E-state index in [1.165, 1.54) is 123 Å². The molecule has 0 N–H and O–H groups in total. The molecule has 2 aromatic heterocycles. The van der Waals surface area contributed by atoms with Gasteiger partial charge in [-0.2, -0.15) is 36.4 Å². The van der Waals surface area contributed by atoms with Crippen LogP contribution in [0.3, 0.4) is 0 Å². The summed E-state index contributed by atoms with van der Waals surface area (Å²) in [7, 11) is 0. The molecule has 19 rings (SSSR count). The second-order valence-corrected chi connectivity index (χ2v) is 31.9. The van der Waals surface area contributed by atoms with Crippen LogP contribution in [-0.2, 0) is 80.4 Å². The zero-order valence-corrected chi connectivity index (χ0v) is 80.2. The van der Waals surface area contributed by atoms with Crippen LogP contribution in [0.5, 0.6) is 0 Å². The largest absolute Gasteiger partial charge is 0.497 e. The Morgan fingerprint density at radius 3 is 0.863 bits per heavy atom. The number of aryl methyl sites for hydroxylation is 8. The van der Waals surface area contributed by atoms with Crippen molar-refractivity contribution in [3.05, 3.63) is 446 Å². The average Bonchev–Trinajstić information content (AvgIpc) is 1.69. The molecule has 10 heteroatoms. The summed E-state index contributed by atoms with van der Waals surface area (Å²) in [5.41, 5.74) is 45.8. The monoisotopic (exact) mass is 2310 g/mol. The Morgan fingerprint density at radius 2 is 0.516 bits per heavy atom. The van der Waals surface area contributed by atoms with Crippen LogP contribution in [0.2, 0.25) is 0 Å². The topological polar surface area (TPSA) is 38.7 Å². The predicted molar refractivity (Wildman–Crippen MR) is 502 cm³/mol. The molecule has 15 aromatic carbocycles. The number of nitrogens with zero attached hydrogens (tertiary/aromatic N) is 6. The van der Waals surface area contributed by atoms with Crippen molar-refractivity contribution in [2.75, 3.05) is 19.6 Å². The van der Waals surface area contributed by atoms with Gasteiger partial charge in [0.2, 0.25) is 0 Å². The maximum absolute atomic E-state index is 4.96. The molecule has 124 heavy (non-hydrogen) atoms. The van der Waals surface area contributed by atoms with Crippen LogP contribution in [0.4, 0.5) is 34.1 Å². The summed E-state index contributed by atoms with van der Waals surface area (Å²) in [5, 5.41) is 0. The van der Waals surface area contributed by atoms with E-state index in [0.29, 0.717) is 0 Å². The number of hydrogen-bond acceptors (Lipinski definition) is 6. The van der Waals surface area contributed by atoms with E-state index in [1.807, 2.05) is 12.4 Å². The second kappa shape index (κ2) is 38.9. The molecule has 0 atom stereocenters. The molecule has 4 radical (unpaired) electrons. The normalized spacial score (nSPS) is 12.0. The molecule has 4 heterocycles. The second-order valence-electron chi connectivity index (χ2n) is 31.9. The third-order valence-corrected chi connectivity index (χ3v) is 22.9. The van der Waals surface area contributed by atoms with Crippen molar-refractivity contribution in [2.45, 2.75) is 69.2 Å². The summed E-state index contributed by atoms with van der Waals surface area (Å²) in [6.07, 6.45) is 3.97. The van der Waals surface area contributed by atoms with Crippen molar-refractivity contribution in [1.82, 2.24) is 9.97 Å². The molecular weight excluding hydrogens is 2220 g/mol. The number of benzene rings is 15. The van der Waals surface area contributed by atoms with E-state index in [2.05, 4.69) is 466 Å². The van der Waals surface area contributed by atoms with Crippen molar-refractivity contribution in [1.29, 1.82) is 0 Å². The quantitative estimate of drug-likeness (QED) is 0.0898. The molecule has 0 saturated carbocycles. The van der Waals surface area contributed by atoms with Crippen LogP contribution >= 0.6 is 0 Å². The van der Waals surface area contributed by atoms with Crippen LogP contribution < -0.4 is 19.6 Å². The molecular formula is C114H90Ir4N6-6. The molecule has 0 spiro atoms. The molecule has 0 bridgehead atoms.